The molecule has 0 aliphatic carbocycles. The third-order valence-corrected chi connectivity index (χ3v) is 4.59. The zero-order valence-corrected chi connectivity index (χ0v) is 14.9. The summed E-state index contributed by atoms with van der Waals surface area (Å²) in [6.07, 6.45) is 0. The average Bonchev–Trinajstić information content (AvgIpc) is 2.24. The van der Waals surface area contributed by atoms with E-state index in [9.17, 15) is 0 Å². The minimum Gasteiger partial charge on any atom is -0.413 e. The van der Waals surface area contributed by atoms with E-state index in [0.717, 1.165) is 8.95 Å². The second-order valence-electron chi connectivity index (χ2n) is 5.33. The van der Waals surface area contributed by atoms with Gasteiger partial charge in [0.15, 0.2) is 8.32 Å². The summed E-state index contributed by atoms with van der Waals surface area (Å²) in [5.41, 5.74) is 1.24. The first-order chi connectivity index (χ1) is 8.35. The quantitative estimate of drug-likeness (QED) is 0.612. The molecular weight excluding hydrogens is 372 g/mol. The molecule has 2 rings (SSSR count). The van der Waals surface area contributed by atoms with Gasteiger partial charge < -0.3 is 4.43 Å². The van der Waals surface area contributed by atoms with Gasteiger partial charge in [-0.15, -0.1) is 0 Å². The summed E-state index contributed by atoms with van der Waals surface area (Å²) in [5.74, 6) is 0. The van der Waals surface area contributed by atoms with Crippen molar-refractivity contribution < 1.29 is 4.43 Å². The normalized spacial score (nSPS) is 12.1. The summed E-state index contributed by atoms with van der Waals surface area (Å²) >= 11 is 7.08. The van der Waals surface area contributed by atoms with Crippen LogP contribution in [0.3, 0.4) is 0 Å². The molecule has 1 nitrogen and oxygen atoms in total. The van der Waals surface area contributed by atoms with Gasteiger partial charge in [0.2, 0.25) is 0 Å². The maximum atomic E-state index is 6.02. The van der Waals surface area contributed by atoms with Crippen molar-refractivity contribution >= 4 is 50.9 Å². The molecule has 0 bridgehead atoms. The molecule has 0 unspecified atom stereocenters. The van der Waals surface area contributed by atoms with Gasteiger partial charge in [0, 0.05) is 8.95 Å². The van der Waals surface area contributed by atoms with Crippen LogP contribution in [0.25, 0.3) is 10.8 Å². The van der Waals surface area contributed by atoms with Gasteiger partial charge in [0.05, 0.1) is 6.61 Å². The Bertz CT molecular complexity index is 571. The molecule has 2 aromatic rings. The highest BCUT2D eigenvalue weighted by Crippen LogP contribution is 2.28. The molecule has 0 heterocycles. The maximum absolute atomic E-state index is 6.02. The molecule has 18 heavy (non-hydrogen) atoms. The lowest BCUT2D eigenvalue weighted by Gasteiger charge is -2.18. The Morgan fingerprint density at radius 2 is 1.67 bits per heavy atom. The summed E-state index contributed by atoms with van der Waals surface area (Å²) in [6, 6.07) is 10.6. The fourth-order valence-electron chi connectivity index (χ4n) is 1.79. The predicted octanol–water partition coefficient (Wildman–Crippen LogP) is 5.72. The first-order valence-corrected chi connectivity index (χ1v) is 10.9. The van der Waals surface area contributed by atoms with Gasteiger partial charge in [-0.3, -0.25) is 0 Å². The predicted molar refractivity (Wildman–Crippen MR) is 87.5 cm³/mol. The second kappa shape index (κ2) is 5.45. The Labute approximate surface area is 126 Å². The maximum Gasteiger partial charge on any atom is 0.184 e. The molecule has 0 atom stereocenters. The van der Waals surface area contributed by atoms with E-state index in [1.807, 2.05) is 0 Å². The average molecular weight is 388 g/mol. The van der Waals surface area contributed by atoms with Crippen LogP contribution in [0.4, 0.5) is 0 Å². The third-order valence-electron chi connectivity index (χ3n) is 2.63. The molecule has 0 radical (unpaired) electrons. The summed E-state index contributed by atoms with van der Waals surface area (Å²) in [6.45, 7) is 7.32. The molecule has 0 amide bonds. The number of hydrogen-bond donors (Lipinski definition) is 0. The number of hydrogen-bond acceptors (Lipinski definition) is 1. The standard InChI is InChI=1S/C14H16Br2OSi/c1-18(2,3)17-9-11-8-13(16)7-10-6-12(15)4-5-14(10)11/h4-8H,9H2,1-3H3. The van der Waals surface area contributed by atoms with Crippen molar-refractivity contribution in [3.63, 3.8) is 0 Å². The van der Waals surface area contributed by atoms with Crippen LogP contribution in [0.5, 0.6) is 0 Å². The Morgan fingerprint density at radius 1 is 1.00 bits per heavy atom. The highest BCUT2D eigenvalue weighted by Gasteiger charge is 2.15. The SMILES string of the molecule is C[Si](C)(C)OCc1cc(Br)cc2cc(Br)ccc12. The van der Waals surface area contributed by atoms with E-state index in [1.54, 1.807) is 0 Å². The van der Waals surface area contributed by atoms with Crippen LogP contribution in [-0.2, 0) is 11.0 Å². The Morgan fingerprint density at radius 3 is 2.33 bits per heavy atom. The lowest BCUT2D eigenvalue weighted by Crippen LogP contribution is -2.24. The number of rotatable bonds is 3. The van der Waals surface area contributed by atoms with Crippen LogP contribution in [0.15, 0.2) is 39.3 Å². The van der Waals surface area contributed by atoms with Crippen LogP contribution in [0.1, 0.15) is 5.56 Å². The van der Waals surface area contributed by atoms with Crippen molar-refractivity contribution in [2.75, 3.05) is 0 Å². The molecule has 2 aromatic carbocycles. The van der Waals surface area contributed by atoms with Crippen molar-refractivity contribution in [1.82, 2.24) is 0 Å². The first-order valence-electron chi connectivity index (χ1n) is 5.87. The molecule has 0 fully saturated rings. The van der Waals surface area contributed by atoms with E-state index < -0.39 is 8.32 Å². The summed E-state index contributed by atoms with van der Waals surface area (Å²) in [5, 5.41) is 2.49. The molecule has 0 N–H and O–H groups in total. The molecule has 0 saturated carbocycles. The second-order valence-corrected chi connectivity index (χ2v) is 11.7. The van der Waals surface area contributed by atoms with E-state index in [-0.39, 0.29) is 0 Å². The molecule has 0 aliphatic heterocycles. The van der Waals surface area contributed by atoms with E-state index >= 15 is 0 Å². The van der Waals surface area contributed by atoms with Gasteiger partial charge in [-0.2, -0.15) is 0 Å². The number of fused-ring (bicyclic) bond motifs is 1. The van der Waals surface area contributed by atoms with Crippen molar-refractivity contribution in [1.29, 1.82) is 0 Å². The third kappa shape index (κ3) is 3.67. The fraction of sp³-hybridized carbons (Fsp3) is 0.286. The summed E-state index contributed by atoms with van der Waals surface area (Å²) in [7, 11) is -1.48. The zero-order chi connectivity index (χ0) is 13.3. The monoisotopic (exact) mass is 386 g/mol. The van der Waals surface area contributed by atoms with E-state index in [0.29, 0.717) is 6.61 Å². The van der Waals surface area contributed by atoms with Gasteiger partial charge in [-0.1, -0.05) is 37.9 Å². The van der Waals surface area contributed by atoms with Gasteiger partial charge in [-0.25, -0.2) is 0 Å². The van der Waals surface area contributed by atoms with Crippen molar-refractivity contribution in [2.24, 2.45) is 0 Å². The Balaban J connectivity index is 2.43. The van der Waals surface area contributed by atoms with Crippen LogP contribution in [0.2, 0.25) is 19.6 Å². The minimum atomic E-state index is -1.48. The molecule has 96 valence electrons. The molecular formula is C14H16Br2OSi. The highest BCUT2D eigenvalue weighted by molar-refractivity contribution is 9.10. The molecule has 0 aromatic heterocycles. The van der Waals surface area contributed by atoms with Crippen LogP contribution < -0.4 is 0 Å². The van der Waals surface area contributed by atoms with E-state index in [1.165, 1.54) is 16.3 Å². The largest absolute Gasteiger partial charge is 0.413 e. The lowest BCUT2D eigenvalue weighted by molar-refractivity contribution is 0.301. The van der Waals surface area contributed by atoms with Crippen molar-refractivity contribution in [2.45, 2.75) is 26.2 Å². The van der Waals surface area contributed by atoms with Gasteiger partial charge >= 0.3 is 0 Å². The zero-order valence-electron chi connectivity index (χ0n) is 10.8. The molecule has 0 spiro atoms. The highest BCUT2D eigenvalue weighted by atomic mass is 79.9. The van der Waals surface area contributed by atoms with Crippen LogP contribution in [-0.4, -0.2) is 8.32 Å². The van der Waals surface area contributed by atoms with Gasteiger partial charge in [0.1, 0.15) is 0 Å². The summed E-state index contributed by atoms with van der Waals surface area (Å²) < 4.78 is 8.22. The summed E-state index contributed by atoms with van der Waals surface area (Å²) in [4.78, 5) is 0. The molecule has 4 heteroatoms. The number of benzene rings is 2. The smallest absolute Gasteiger partial charge is 0.184 e. The van der Waals surface area contributed by atoms with Crippen molar-refractivity contribution in [3.05, 3.63) is 44.8 Å². The van der Waals surface area contributed by atoms with E-state index in [4.69, 9.17) is 4.43 Å². The number of halogens is 2. The Hall–Kier alpha value is -0.163. The lowest BCUT2D eigenvalue weighted by atomic mass is 10.1. The van der Waals surface area contributed by atoms with Gasteiger partial charge in [0.25, 0.3) is 0 Å². The first kappa shape index (κ1) is 14.3. The topological polar surface area (TPSA) is 9.23 Å². The van der Waals surface area contributed by atoms with Crippen LogP contribution >= 0.6 is 31.9 Å². The van der Waals surface area contributed by atoms with Crippen molar-refractivity contribution in [3.8, 4) is 0 Å². The fourth-order valence-corrected chi connectivity index (χ4v) is 3.28. The van der Waals surface area contributed by atoms with Crippen LogP contribution in [0, 0.1) is 0 Å². The molecule has 0 aliphatic rings. The molecule has 0 saturated heterocycles. The van der Waals surface area contributed by atoms with E-state index in [2.05, 4.69) is 81.8 Å². The minimum absolute atomic E-state index is 0.688. The van der Waals surface area contributed by atoms with Gasteiger partial charge in [-0.05, 0) is 60.2 Å². The Kier molecular flexibility index (Phi) is 4.31.